The van der Waals surface area contributed by atoms with Gasteiger partial charge in [0.05, 0.1) is 0 Å². The van der Waals surface area contributed by atoms with Gasteiger partial charge in [-0.25, -0.2) is 0 Å². The van der Waals surface area contributed by atoms with E-state index in [-0.39, 0.29) is 0 Å². The van der Waals surface area contributed by atoms with Crippen molar-refractivity contribution in [3.63, 3.8) is 0 Å². The minimum atomic E-state index is 0.377. The van der Waals surface area contributed by atoms with Crippen LogP contribution in [0.2, 0.25) is 0 Å². The molecular weight excluding hydrogens is 862 g/mol. The van der Waals surface area contributed by atoms with Crippen molar-refractivity contribution in [3.8, 4) is 72.7 Å². The van der Waals surface area contributed by atoms with Gasteiger partial charge in [-0.3, -0.25) is 0 Å². The van der Waals surface area contributed by atoms with Crippen LogP contribution in [0.3, 0.4) is 0 Å². The molecule has 0 radical (unpaired) electrons. The second-order valence-electron chi connectivity index (χ2n) is 18.8. The van der Waals surface area contributed by atoms with E-state index >= 15 is 0 Å². The zero-order valence-corrected chi connectivity index (χ0v) is 38.8. The Kier molecular flexibility index (Phi) is 9.80. The molecule has 0 N–H and O–H groups in total. The molecule has 71 heavy (non-hydrogen) atoms. The third-order valence-electron chi connectivity index (χ3n) is 14.7. The summed E-state index contributed by atoms with van der Waals surface area (Å²) in [4.78, 5) is 10.6. The molecule has 0 spiro atoms. The van der Waals surface area contributed by atoms with E-state index in [1.807, 2.05) is 6.07 Å². The van der Waals surface area contributed by atoms with Crippen molar-refractivity contribution >= 4 is 50.8 Å². The van der Waals surface area contributed by atoms with Crippen LogP contribution in [0.25, 0.3) is 117 Å². The van der Waals surface area contributed by atoms with Gasteiger partial charge in [0.25, 0.3) is 0 Å². The Morgan fingerprint density at radius 2 is 1.14 bits per heavy atom. The van der Waals surface area contributed by atoms with Crippen LogP contribution in [0.1, 0.15) is 29.0 Å². The topological polar surface area (TPSA) is 43.9 Å². The standard InChI is InChI=1S/C66H44BN3O/c1-4-15-42(16-5-1)27-31-53-51-23-10-11-24-52(51)56-38-46(28-32-54(53)56)47-29-33-61-57(39-47)55-25-12-13-26-60(55)70(61)50-30-34-62-58(41-50)63-64(48-22-14-21-45(37-48)43-17-6-2-7-18-43)68-65(69-66(63)71-62)49-35-36-67-59(40-49)44-19-8-3-9-20-44/h1-26,28-30,32-41,53H,27,31H2. The van der Waals surface area contributed by atoms with Gasteiger partial charge in [0.1, 0.15) is 0 Å². The molecular formula is C66H44BN3O. The van der Waals surface area contributed by atoms with Crippen molar-refractivity contribution < 1.29 is 4.42 Å². The maximum absolute atomic E-state index is 6.75. The first-order valence-electron chi connectivity index (χ1n) is 24.6. The molecule has 0 fully saturated rings. The Morgan fingerprint density at radius 1 is 0.451 bits per heavy atom. The van der Waals surface area contributed by atoms with Crippen LogP contribution >= 0.6 is 0 Å². The summed E-state index contributed by atoms with van der Waals surface area (Å²) in [6.45, 7) is 2.13. The van der Waals surface area contributed by atoms with Gasteiger partial charge in [0.15, 0.2) is 0 Å². The molecule has 9 aromatic carbocycles. The monoisotopic (exact) mass is 905 g/mol. The summed E-state index contributed by atoms with van der Waals surface area (Å²) < 4.78 is 9.14. The average Bonchev–Trinajstić information content (AvgIpc) is 4.10. The summed E-state index contributed by atoms with van der Waals surface area (Å²) in [7, 11) is 0. The van der Waals surface area contributed by atoms with E-state index in [1.54, 1.807) is 0 Å². The summed E-state index contributed by atoms with van der Waals surface area (Å²) in [6, 6.07) is 83.2. The molecule has 14 rings (SSSR count). The van der Waals surface area contributed by atoms with Crippen LogP contribution in [0, 0.1) is 0 Å². The Labute approximate surface area is 412 Å². The summed E-state index contributed by atoms with van der Waals surface area (Å²) >= 11 is 0. The molecule has 0 saturated heterocycles. The van der Waals surface area contributed by atoms with Gasteiger partial charge in [0, 0.05) is 16.7 Å². The molecule has 4 heterocycles. The number of para-hydroxylation sites is 1. The van der Waals surface area contributed by atoms with E-state index in [4.69, 9.17) is 14.4 Å². The zero-order valence-electron chi connectivity index (χ0n) is 38.8. The third-order valence-corrected chi connectivity index (χ3v) is 14.7. The van der Waals surface area contributed by atoms with Crippen LogP contribution in [-0.4, -0.2) is 21.4 Å². The van der Waals surface area contributed by atoms with E-state index in [9.17, 15) is 0 Å². The van der Waals surface area contributed by atoms with Crippen LogP contribution < -0.4 is 0 Å². The van der Waals surface area contributed by atoms with Crippen molar-refractivity contribution in [1.82, 2.24) is 14.5 Å². The molecule has 0 amide bonds. The van der Waals surface area contributed by atoms with Gasteiger partial charge >= 0.3 is 225 Å². The SMILES string of the molecule is b1ccc(-c2nc(-c3cccc(-c4ccccc4)c3)c3c(n2)oc2ccc(-n4c5ccccc5c5cc(-c6ccc7c(c6)-c6ccccc6C7CCc6ccccc6)ccc54)cc23)cc1-c1ccccc1. The number of aryl methyl sites for hydroxylation is 1. The molecule has 332 valence electrons. The number of hydrogen-bond donors (Lipinski definition) is 0. The van der Waals surface area contributed by atoms with E-state index in [2.05, 4.69) is 242 Å². The maximum atomic E-state index is 6.75. The predicted octanol–water partition coefficient (Wildman–Crippen LogP) is 16.9. The molecule has 1 aliphatic carbocycles. The molecule has 1 unspecified atom stereocenters. The molecule has 0 saturated carbocycles. The van der Waals surface area contributed by atoms with Crippen molar-refractivity contribution in [3.05, 3.63) is 253 Å². The zero-order chi connectivity index (χ0) is 46.8. The van der Waals surface area contributed by atoms with Crippen molar-refractivity contribution in [2.24, 2.45) is 0 Å². The molecule has 1 aliphatic rings. The molecule has 5 heteroatoms. The number of fused-ring (bicyclic) bond motifs is 9. The molecule has 4 nitrogen and oxygen atoms in total. The van der Waals surface area contributed by atoms with E-state index in [1.165, 1.54) is 49.7 Å². The third kappa shape index (κ3) is 7.12. The van der Waals surface area contributed by atoms with Crippen LogP contribution in [0.5, 0.6) is 0 Å². The number of furan rings is 1. The fraction of sp³-hybridized carbons (Fsp3) is 0.0455. The number of hydrogen-bond acceptors (Lipinski definition) is 3. The van der Waals surface area contributed by atoms with Crippen molar-refractivity contribution in [1.29, 1.82) is 0 Å². The number of nitrogens with zero attached hydrogens (tertiary/aromatic N) is 3. The minimum absolute atomic E-state index is 0.377. The number of aromatic nitrogens is 3. The first-order chi connectivity index (χ1) is 35.2. The molecule has 1 atom stereocenters. The Morgan fingerprint density at radius 3 is 2.01 bits per heavy atom. The van der Waals surface area contributed by atoms with Crippen LogP contribution in [-0.2, 0) is 6.42 Å². The number of benzene rings is 9. The molecule has 0 aliphatic heterocycles. The first-order valence-corrected chi connectivity index (χ1v) is 24.6. The normalized spacial score (nSPS) is 13.0. The Balaban J connectivity index is 0.897. The van der Waals surface area contributed by atoms with Gasteiger partial charge in [-0.2, -0.15) is 0 Å². The van der Waals surface area contributed by atoms with Gasteiger partial charge in [0.2, 0.25) is 0 Å². The van der Waals surface area contributed by atoms with Gasteiger partial charge < -0.3 is 0 Å². The summed E-state index contributed by atoms with van der Waals surface area (Å²) in [5.41, 5.74) is 21.3. The molecule has 4 aromatic heterocycles. The number of rotatable bonds is 9. The Bertz CT molecular complexity index is 4180. The molecule has 13 aromatic rings. The van der Waals surface area contributed by atoms with Crippen molar-refractivity contribution in [2.75, 3.05) is 0 Å². The van der Waals surface area contributed by atoms with Crippen molar-refractivity contribution in [2.45, 2.75) is 18.8 Å². The van der Waals surface area contributed by atoms with E-state index in [0.717, 1.165) is 84.9 Å². The second kappa shape index (κ2) is 16.9. The van der Waals surface area contributed by atoms with E-state index < -0.39 is 0 Å². The van der Waals surface area contributed by atoms with E-state index in [0.29, 0.717) is 17.5 Å². The van der Waals surface area contributed by atoms with Crippen LogP contribution in [0.4, 0.5) is 0 Å². The summed E-state index contributed by atoms with van der Waals surface area (Å²) in [5.74, 6) is 3.07. The fourth-order valence-electron chi connectivity index (χ4n) is 11.3. The molecule has 0 bridgehead atoms. The first kappa shape index (κ1) is 41.1. The van der Waals surface area contributed by atoms with Gasteiger partial charge in [-0.1, -0.05) is 97.1 Å². The fourth-order valence-corrected chi connectivity index (χ4v) is 11.3. The quantitative estimate of drug-likeness (QED) is 0.145. The average molecular weight is 906 g/mol. The summed E-state index contributed by atoms with van der Waals surface area (Å²) in [6.07, 6.45) is 2.13. The predicted molar refractivity (Wildman–Crippen MR) is 294 cm³/mol. The van der Waals surface area contributed by atoms with Gasteiger partial charge in [-0.05, 0) is 76.1 Å². The summed E-state index contributed by atoms with van der Waals surface area (Å²) in [5, 5.41) is 4.27. The van der Waals surface area contributed by atoms with Crippen LogP contribution in [0.15, 0.2) is 241 Å². The Hall–Kier alpha value is -8.93. The second-order valence-corrected chi connectivity index (χ2v) is 18.8. The van der Waals surface area contributed by atoms with Gasteiger partial charge in [-0.15, -0.1) is 0 Å².